The van der Waals surface area contributed by atoms with Gasteiger partial charge in [-0.15, -0.1) is 0 Å². The molecule has 2 aromatic heterocycles. The number of nitrogens with zero attached hydrogens (tertiary/aromatic N) is 5. The minimum Gasteiger partial charge on any atom is -0.336 e. The summed E-state index contributed by atoms with van der Waals surface area (Å²) in [6, 6.07) is 20.4. The Bertz CT molecular complexity index is 1190. The first-order chi connectivity index (χ1) is 15.7. The Balaban J connectivity index is 1.37. The molecule has 6 nitrogen and oxygen atoms in total. The molecule has 4 aromatic rings. The van der Waals surface area contributed by atoms with Crippen LogP contribution in [-0.4, -0.2) is 56.2 Å². The highest BCUT2D eigenvalue weighted by Gasteiger charge is 2.27. The first-order valence-corrected chi connectivity index (χ1v) is 10.7. The highest BCUT2D eigenvalue weighted by Crippen LogP contribution is 2.22. The lowest BCUT2D eigenvalue weighted by Gasteiger charge is -2.34. The van der Waals surface area contributed by atoms with Crippen molar-refractivity contribution in [2.24, 2.45) is 0 Å². The van der Waals surface area contributed by atoms with Crippen molar-refractivity contribution in [2.75, 3.05) is 26.2 Å². The number of aromatic nitrogens is 3. The van der Waals surface area contributed by atoms with Gasteiger partial charge in [0.2, 0.25) is 0 Å². The number of amides is 1. The largest absolute Gasteiger partial charge is 0.336 e. The summed E-state index contributed by atoms with van der Waals surface area (Å²) in [4.78, 5) is 17.7. The third-order valence-corrected chi connectivity index (χ3v) is 5.78. The van der Waals surface area contributed by atoms with E-state index in [2.05, 4.69) is 22.1 Å². The van der Waals surface area contributed by atoms with E-state index in [1.807, 2.05) is 52.2 Å². The number of benzene rings is 2. The van der Waals surface area contributed by atoms with Crippen LogP contribution in [0.1, 0.15) is 15.9 Å². The van der Waals surface area contributed by atoms with Gasteiger partial charge in [-0.05, 0) is 35.9 Å². The van der Waals surface area contributed by atoms with Crippen molar-refractivity contribution < 1.29 is 9.18 Å². The SMILES string of the molecule is O=C(c1cnn(-c2cccc(F)c2)c1-n1cccc1)N1CCN(Cc2ccccc2)CC1. The van der Waals surface area contributed by atoms with E-state index in [0.29, 0.717) is 30.2 Å². The van der Waals surface area contributed by atoms with E-state index < -0.39 is 0 Å². The maximum absolute atomic E-state index is 13.8. The normalized spacial score (nSPS) is 14.6. The van der Waals surface area contributed by atoms with Crippen molar-refractivity contribution in [2.45, 2.75) is 6.54 Å². The molecule has 7 heteroatoms. The molecule has 0 saturated carbocycles. The van der Waals surface area contributed by atoms with Gasteiger partial charge in [-0.2, -0.15) is 5.10 Å². The summed E-state index contributed by atoms with van der Waals surface area (Å²) < 4.78 is 17.3. The first kappa shape index (κ1) is 20.2. The van der Waals surface area contributed by atoms with Crippen molar-refractivity contribution in [3.8, 4) is 11.5 Å². The monoisotopic (exact) mass is 429 g/mol. The Morgan fingerprint density at radius 1 is 0.906 bits per heavy atom. The number of piperazine rings is 1. The molecule has 0 radical (unpaired) electrons. The molecule has 1 fully saturated rings. The van der Waals surface area contributed by atoms with Gasteiger partial charge >= 0.3 is 0 Å². The van der Waals surface area contributed by atoms with Gasteiger partial charge < -0.3 is 9.47 Å². The number of hydrogen-bond donors (Lipinski definition) is 0. The molecule has 0 unspecified atom stereocenters. The lowest BCUT2D eigenvalue weighted by Crippen LogP contribution is -2.48. The van der Waals surface area contributed by atoms with Crippen LogP contribution in [0.15, 0.2) is 85.3 Å². The van der Waals surface area contributed by atoms with Gasteiger partial charge in [-0.25, -0.2) is 9.07 Å². The van der Waals surface area contributed by atoms with Crippen LogP contribution in [0.2, 0.25) is 0 Å². The molecule has 0 bridgehead atoms. The maximum atomic E-state index is 13.8. The summed E-state index contributed by atoms with van der Waals surface area (Å²) in [6.07, 6.45) is 5.31. The fourth-order valence-electron chi connectivity index (χ4n) is 4.13. The quantitative estimate of drug-likeness (QED) is 0.485. The molecule has 2 aromatic carbocycles. The summed E-state index contributed by atoms with van der Waals surface area (Å²) in [5.74, 6) is 0.201. The fourth-order valence-corrected chi connectivity index (χ4v) is 4.13. The van der Waals surface area contributed by atoms with Gasteiger partial charge in [0.25, 0.3) is 5.91 Å². The van der Waals surface area contributed by atoms with Crippen LogP contribution in [0.3, 0.4) is 0 Å². The van der Waals surface area contributed by atoms with E-state index in [4.69, 9.17) is 0 Å². The molecule has 0 N–H and O–H groups in total. The average Bonchev–Trinajstić information content (AvgIpc) is 3.50. The second-order valence-electron chi connectivity index (χ2n) is 7.92. The van der Waals surface area contributed by atoms with Crippen LogP contribution in [0.25, 0.3) is 11.5 Å². The molecule has 1 aliphatic heterocycles. The summed E-state index contributed by atoms with van der Waals surface area (Å²) in [6.45, 7) is 3.83. The molecular formula is C25H24FN5O. The van der Waals surface area contributed by atoms with Crippen molar-refractivity contribution in [3.63, 3.8) is 0 Å². The minimum absolute atomic E-state index is 0.0595. The number of rotatable bonds is 5. The third kappa shape index (κ3) is 4.07. The second-order valence-corrected chi connectivity index (χ2v) is 7.92. The van der Waals surface area contributed by atoms with Crippen LogP contribution in [-0.2, 0) is 6.54 Å². The number of carbonyl (C=O) groups excluding carboxylic acids is 1. The van der Waals surface area contributed by atoms with Gasteiger partial charge in [0, 0.05) is 45.1 Å². The molecule has 1 saturated heterocycles. The Morgan fingerprint density at radius 2 is 1.66 bits per heavy atom. The van der Waals surface area contributed by atoms with Gasteiger partial charge in [0.1, 0.15) is 11.4 Å². The Kier molecular flexibility index (Phi) is 5.56. The zero-order valence-corrected chi connectivity index (χ0v) is 17.6. The van der Waals surface area contributed by atoms with E-state index in [-0.39, 0.29) is 11.7 Å². The van der Waals surface area contributed by atoms with Crippen molar-refractivity contribution >= 4 is 5.91 Å². The van der Waals surface area contributed by atoms with Crippen molar-refractivity contribution in [1.82, 2.24) is 24.1 Å². The van der Waals surface area contributed by atoms with Crippen LogP contribution >= 0.6 is 0 Å². The van der Waals surface area contributed by atoms with Gasteiger partial charge in [0.15, 0.2) is 5.82 Å². The predicted molar refractivity (Wildman–Crippen MR) is 120 cm³/mol. The van der Waals surface area contributed by atoms with E-state index >= 15 is 0 Å². The fraction of sp³-hybridized carbons (Fsp3) is 0.200. The van der Waals surface area contributed by atoms with E-state index in [1.165, 1.54) is 17.7 Å². The summed E-state index contributed by atoms with van der Waals surface area (Å²) in [5.41, 5.74) is 2.35. The third-order valence-electron chi connectivity index (χ3n) is 5.78. The smallest absolute Gasteiger partial charge is 0.259 e. The Hall–Kier alpha value is -3.71. The molecule has 162 valence electrons. The topological polar surface area (TPSA) is 46.3 Å². The highest BCUT2D eigenvalue weighted by atomic mass is 19.1. The van der Waals surface area contributed by atoms with Crippen molar-refractivity contribution in [3.05, 3.63) is 102 Å². The summed E-state index contributed by atoms with van der Waals surface area (Å²) >= 11 is 0. The average molecular weight is 429 g/mol. The van der Waals surface area contributed by atoms with Crippen LogP contribution in [0, 0.1) is 5.82 Å². The molecule has 1 aliphatic rings. The van der Waals surface area contributed by atoms with Crippen molar-refractivity contribution in [1.29, 1.82) is 0 Å². The zero-order chi connectivity index (χ0) is 21.9. The van der Waals surface area contributed by atoms with Gasteiger partial charge in [0.05, 0.1) is 11.9 Å². The Labute approximate surface area is 186 Å². The molecule has 1 amide bonds. The Morgan fingerprint density at radius 3 is 2.38 bits per heavy atom. The standard InChI is InChI=1S/C25H24FN5O/c26-21-9-6-10-22(17-21)31-24(29-11-4-5-12-29)23(18-27-31)25(32)30-15-13-28(14-16-30)19-20-7-2-1-3-8-20/h1-12,17-18H,13-16,19H2. The summed E-state index contributed by atoms with van der Waals surface area (Å²) in [5, 5.41) is 4.44. The predicted octanol–water partition coefficient (Wildman–Crippen LogP) is 3.76. The lowest BCUT2D eigenvalue weighted by molar-refractivity contribution is 0.0628. The van der Waals surface area contributed by atoms with E-state index in [1.54, 1.807) is 23.0 Å². The summed E-state index contributed by atoms with van der Waals surface area (Å²) in [7, 11) is 0. The zero-order valence-electron chi connectivity index (χ0n) is 17.6. The van der Waals surface area contributed by atoms with E-state index in [9.17, 15) is 9.18 Å². The number of carbonyl (C=O) groups is 1. The molecule has 0 aliphatic carbocycles. The lowest BCUT2D eigenvalue weighted by atomic mass is 10.2. The molecule has 32 heavy (non-hydrogen) atoms. The first-order valence-electron chi connectivity index (χ1n) is 10.7. The molecule has 3 heterocycles. The highest BCUT2D eigenvalue weighted by molar-refractivity contribution is 5.97. The maximum Gasteiger partial charge on any atom is 0.259 e. The van der Waals surface area contributed by atoms with E-state index in [0.717, 1.165) is 19.6 Å². The van der Waals surface area contributed by atoms with Gasteiger partial charge in [-0.1, -0.05) is 36.4 Å². The number of halogens is 1. The molecule has 0 spiro atoms. The molecule has 5 rings (SSSR count). The second kappa shape index (κ2) is 8.80. The number of hydrogen-bond acceptors (Lipinski definition) is 3. The van der Waals surface area contributed by atoms with Gasteiger partial charge in [-0.3, -0.25) is 9.69 Å². The van der Waals surface area contributed by atoms with Crippen LogP contribution in [0.5, 0.6) is 0 Å². The minimum atomic E-state index is -0.348. The van der Waals surface area contributed by atoms with Crippen LogP contribution < -0.4 is 0 Å². The van der Waals surface area contributed by atoms with Crippen LogP contribution in [0.4, 0.5) is 4.39 Å². The molecule has 0 atom stereocenters. The molecular weight excluding hydrogens is 405 g/mol.